The molecule has 1 rings (SSSR count). The van der Waals surface area contributed by atoms with E-state index in [2.05, 4.69) is 4.98 Å². The highest BCUT2D eigenvalue weighted by Crippen LogP contribution is 2.17. The zero-order chi connectivity index (χ0) is 11.4. The highest BCUT2D eigenvalue weighted by atomic mass is 19.3. The molecule has 0 aromatic carbocycles. The molecule has 0 bridgehead atoms. The fourth-order valence-corrected chi connectivity index (χ4v) is 1.43. The van der Waals surface area contributed by atoms with E-state index >= 15 is 0 Å². The molecule has 0 spiro atoms. The first kappa shape index (κ1) is 11.8. The Kier molecular flexibility index (Phi) is 3.96. The number of anilines is 1. The highest BCUT2D eigenvalue weighted by Gasteiger charge is 2.11. The van der Waals surface area contributed by atoms with Gasteiger partial charge < -0.3 is 10.6 Å². The van der Waals surface area contributed by atoms with Crippen molar-refractivity contribution >= 4 is 5.82 Å². The maximum absolute atomic E-state index is 12.2. The first-order chi connectivity index (χ1) is 7.04. The fourth-order valence-electron chi connectivity index (χ4n) is 1.43. The van der Waals surface area contributed by atoms with Gasteiger partial charge in [0.25, 0.3) is 6.43 Å². The molecule has 0 aliphatic carbocycles. The number of hydrogen-bond donors (Lipinski definition) is 1. The Morgan fingerprint density at radius 1 is 1.53 bits per heavy atom. The van der Waals surface area contributed by atoms with E-state index < -0.39 is 6.43 Å². The molecule has 1 aromatic rings. The highest BCUT2D eigenvalue weighted by molar-refractivity contribution is 5.46. The molecule has 2 N–H and O–H groups in total. The van der Waals surface area contributed by atoms with Crippen LogP contribution in [0.2, 0.25) is 0 Å². The van der Waals surface area contributed by atoms with Crippen molar-refractivity contribution in [3.05, 3.63) is 23.4 Å². The SMILES string of the molecule is Cc1cc(CN)cnc1N(C)CC(F)F. The second-order valence-electron chi connectivity index (χ2n) is 3.46. The lowest BCUT2D eigenvalue weighted by atomic mass is 10.2. The molecule has 0 saturated carbocycles. The van der Waals surface area contributed by atoms with Crippen molar-refractivity contribution < 1.29 is 8.78 Å². The standard InChI is InChI=1S/C10H15F2N3/c1-7-3-8(4-13)5-14-10(7)15(2)6-9(11)12/h3,5,9H,4,6,13H2,1-2H3. The van der Waals surface area contributed by atoms with Gasteiger partial charge >= 0.3 is 0 Å². The van der Waals surface area contributed by atoms with E-state index in [1.165, 1.54) is 4.90 Å². The van der Waals surface area contributed by atoms with Gasteiger partial charge in [0.15, 0.2) is 0 Å². The fraction of sp³-hybridized carbons (Fsp3) is 0.500. The van der Waals surface area contributed by atoms with Gasteiger partial charge in [0.05, 0.1) is 6.54 Å². The minimum atomic E-state index is -2.36. The summed E-state index contributed by atoms with van der Waals surface area (Å²) in [4.78, 5) is 5.56. The summed E-state index contributed by atoms with van der Waals surface area (Å²) in [6.45, 7) is 1.94. The van der Waals surface area contributed by atoms with Crippen LogP contribution >= 0.6 is 0 Å². The van der Waals surface area contributed by atoms with Crippen LogP contribution in [0.3, 0.4) is 0 Å². The normalized spacial score (nSPS) is 10.8. The third-order valence-corrected chi connectivity index (χ3v) is 2.12. The predicted molar refractivity (Wildman–Crippen MR) is 56.1 cm³/mol. The van der Waals surface area contributed by atoms with Crippen LogP contribution in [-0.4, -0.2) is 25.0 Å². The zero-order valence-corrected chi connectivity index (χ0v) is 8.87. The summed E-state index contributed by atoms with van der Waals surface area (Å²) in [6.07, 6.45) is -0.741. The predicted octanol–water partition coefficient (Wildman–Crippen LogP) is 1.55. The number of halogens is 2. The molecule has 0 saturated heterocycles. The third-order valence-electron chi connectivity index (χ3n) is 2.12. The summed E-state index contributed by atoms with van der Waals surface area (Å²) in [7, 11) is 1.60. The number of nitrogens with zero attached hydrogens (tertiary/aromatic N) is 2. The van der Waals surface area contributed by atoms with Gasteiger partial charge in [-0.15, -0.1) is 0 Å². The lowest BCUT2D eigenvalue weighted by Gasteiger charge is -2.19. The van der Waals surface area contributed by atoms with E-state index in [4.69, 9.17) is 5.73 Å². The van der Waals surface area contributed by atoms with Crippen LogP contribution in [0.5, 0.6) is 0 Å². The van der Waals surface area contributed by atoms with Crippen molar-refractivity contribution in [3.63, 3.8) is 0 Å². The summed E-state index contributed by atoms with van der Waals surface area (Å²) in [5, 5.41) is 0. The Bertz CT molecular complexity index is 328. The second kappa shape index (κ2) is 5.02. The Hall–Kier alpha value is -1.23. The Labute approximate surface area is 87.9 Å². The van der Waals surface area contributed by atoms with Crippen LogP contribution in [-0.2, 0) is 6.54 Å². The van der Waals surface area contributed by atoms with Gasteiger partial charge in [-0.1, -0.05) is 0 Å². The average molecular weight is 215 g/mol. The summed E-state index contributed by atoms with van der Waals surface area (Å²) in [5.41, 5.74) is 7.22. The average Bonchev–Trinajstić information content (AvgIpc) is 2.16. The van der Waals surface area contributed by atoms with E-state index in [1.807, 2.05) is 13.0 Å². The summed E-state index contributed by atoms with van der Waals surface area (Å²) in [6, 6.07) is 1.87. The molecule has 0 amide bonds. The van der Waals surface area contributed by atoms with E-state index in [0.29, 0.717) is 12.4 Å². The van der Waals surface area contributed by atoms with Crippen molar-refractivity contribution in [2.45, 2.75) is 19.9 Å². The summed E-state index contributed by atoms with van der Waals surface area (Å²) < 4.78 is 24.3. The molecule has 0 fully saturated rings. The van der Waals surface area contributed by atoms with Gasteiger partial charge in [-0.25, -0.2) is 13.8 Å². The lowest BCUT2D eigenvalue weighted by molar-refractivity contribution is 0.156. The molecule has 1 aromatic heterocycles. The monoisotopic (exact) mass is 215 g/mol. The van der Waals surface area contributed by atoms with Gasteiger partial charge in [0.2, 0.25) is 0 Å². The Morgan fingerprint density at radius 2 is 2.20 bits per heavy atom. The van der Waals surface area contributed by atoms with Crippen molar-refractivity contribution in [1.29, 1.82) is 0 Å². The van der Waals surface area contributed by atoms with Crippen molar-refractivity contribution in [3.8, 4) is 0 Å². The quantitative estimate of drug-likeness (QED) is 0.828. The number of aromatic nitrogens is 1. The van der Waals surface area contributed by atoms with Crippen LogP contribution in [0.15, 0.2) is 12.3 Å². The largest absolute Gasteiger partial charge is 0.354 e. The number of pyridine rings is 1. The van der Waals surface area contributed by atoms with Crippen LogP contribution in [0.1, 0.15) is 11.1 Å². The van der Waals surface area contributed by atoms with Gasteiger partial charge in [0.1, 0.15) is 5.82 Å². The molecule has 0 atom stereocenters. The molecule has 0 aliphatic rings. The minimum absolute atomic E-state index is 0.310. The number of hydrogen-bond acceptors (Lipinski definition) is 3. The maximum atomic E-state index is 12.2. The molecule has 0 unspecified atom stereocenters. The smallest absolute Gasteiger partial charge is 0.255 e. The number of nitrogens with two attached hydrogens (primary N) is 1. The molecule has 3 nitrogen and oxygen atoms in total. The second-order valence-corrected chi connectivity index (χ2v) is 3.46. The first-order valence-electron chi connectivity index (χ1n) is 4.69. The van der Waals surface area contributed by atoms with Gasteiger partial charge in [0, 0.05) is 19.8 Å². The molecule has 15 heavy (non-hydrogen) atoms. The minimum Gasteiger partial charge on any atom is -0.354 e. The van der Waals surface area contributed by atoms with Crippen LogP contribution in [0.25, 0.3) is 0 Å². The molecule has 1 heterocycles. The molecule has 84 valence electrons. The number of rotatable bonds is 4. The molecular weight excluding hydrogens is 200 g/mol. The first-order valence-corrected chi connectivity index (χ1v) is 4.69. The molecule has 0 aliphatic heterocycles. The maximum Gasteiger partial charge on any atom is 0.255 e. The van der Waals surface area contributed by atoms with Crippen molar-refractivity contribution in [2.75, 3.05) is 18.5 Å². The topological polar surface area (TPSA) is 42.1 Å². The van der Waals surface area contributed by atoms with Crippen LogP contribution in [0, 0.1) is 6.92 Å². The van der Waals surface area contributed by atoms with Gasteiger partial charge in [-0.05, 0) is 24.1 Å². The van der Waals surface area contributed by atoms with E-state index in [0.717, 1.165) is 11.1 Å². The number of alkyl halides is 2. The van der Waals surface area contributed by atoms with Crippen molar-refractivity contribution in [2.24, 2.45) is 5.73 Å². The van der Waals surface area contributed by atoms with Gasteiger partial charge in [-0.2, -0.15) is 0 Å². The zero-order valence-electron chi connectivity index (χ0n) is 8.87. The van der Waals surface area contributed by atoms with E-state index in [1.54, 1.807) is 13.2 Å². The lowest BCUT2D eigenvalue weighted by Crippen LogP contribution is -2.25. The van der Waals surface area contributed by atoms with Crippen LogP contribution < -0.4 is 10.6 Å². The summed E-state index contributed by atoms with van der Waals surface area (Å²) in [5.74, 6) is 0.576. The van der Waals surface area contributed by atoms with Crippen LogP contribution in [0.4, 0.5) is 14.6 Å². The number of aryl methyl sites for hydroxylation is 1. The molecule has 5 heteroatoms. The summed E-state index contributed by atoms with van der Waals surface area (Å²) >= 11 is 0. The van der Waals surface area contributed by atoms with Gasteiger partial charge in [-0.3, -0.25) is 0 Å². The van der Waals surface area contributed by atoms with E-state index in [-0.39, 0.29) is 6.54 Å². The molecule has 0 radical (unpaired) electrons. The third kappa shape index (κ3) is 3.13. The molecular formula is C10H15F2N3. The van der Waals surface area contributed by atoms with Crippen molar-refractivity contribution in [1.82, 2.24) is 4.98 Å². The van der Waals surface area contributed by atoms with E-state index in [9.17, 15) is 8.78 Å². The Balaban J connectivity index is 2.85. The Morgan fingerprint density at radius 3 is 2.67 bits per heavy atom.